The Morgan fingerprint density at radius 1 is 1.00 bits per heavy atom. The Hall–Kier alpha value is -2.17. The second-order valence-corrected chi connectivity index (χ2v) is 5.79. The molecule has 0 bridgehead atoms. The van der Waals surface area contributed by atoms with Crippen LogP contribution in [-0.2, 0) is 9.59 Å². The molecule has 1 aromatic rings. The Labute approximate surface area is 136 Å². The van der Waals surface area contributed by atoms with Crippen molar-refractivity contribution in [3.8, 4) is 0 Å². The number of halogens is 1. The molecule has 4 nitrogen and oxygen atoms in total. The minimum Gasteiger partial charge on any atom is -0.353 e. The van der Waals surface area contributed by atoms with Crippen molar-refractivity contribution in [1.82, 2.24) is 10.6 Å². The summed E-state index contributed by atoms with van der Waals surface area (Å²) in [6.07, 6.45) is 6.63. The summed E-state index contributed by atoms with van der Waals surface area (Å²) in [4.78, 5) is 23.9. The van der Waals surface area contributed by atoms with Gasteiger partial charge in [-0.1, -0.05) is 31.2 Å². The Kier molecular flexibility index (Phi) is 6.32. The summed E-state index contributed by atoms with van der Waals surface area (Å²) in [7, 11) is 0. The minimum absolute atomic E-state index is 0.0979. The van der Waals surface area contributed by atoms with Gasteiger partial charge in [0, 0.05) is 18.9 Å². The molecule has 124 valence electrons. The summed E-state index contributed by atoms with van der Waals surface area (Å²) >= 11 is 0. The van der Waals surface area contributed by atoms with E-state index in [9.17, 15) is 14.0 Å². The van der Waals surface area contributed by atoms with Gasteiger partial charge in [0.05, 0.1) is 6.04 Å². The van der Waals surface area contributed by atoms with Gasteiger partial charge in [0.1, 0.15) is 5.82 Å². The Morgan fingerprint density at radius 2 is 1.61 bits per heavy atom. The molecular weight excluding hydrogens is 295 g/mol. The average Bonchev–Trinajstić information content (AvgIpc) is 2.54. The van der Waals surface area contributed by atoms with E-state index in [1.807, 2.05) is 19.1 Å². The largest absolute Gasteiger partial charge is 0.353 e. The predicted molar refractivity (Wildman–Crippen MR) is 87.1 cm³/mol. The highest BCUT2D eigenvalue weighted by Crippen LogP contribution is 2.19. The van der Waals surface area contributed by atoms with Gasteiger partial charge in [0.2, 0.25) is 11.8 Å². The van der Waals surface area contributed by atoms with Gasteiger partial charge in [-0.05, 0) is 37.0 Å². The van der Waals surface area contributed by atoms with E-state index in [4.69, 9.17) is 0 Å². The summed E-state index contributed by atoms with van der Waals surface area (Å²) in [6.45, 7) is 2.03. The number of hydrogen-bond acceptors (Lipinski definition) is 2. The molecule has 2 rings (SSSR count). The number of nitrogens with one attached hydrogen (secondary N) is 2. The summed E-state index contributed by atoms with van der Waals surface area (Å²) in [5.74, 6) is -0.568. The molecule has 5 heteroatoms. The van der Waals surface area contributed by atoms with Gasteiger partial charge >= 0.3 is 0 Å². The standard InChI is InChI=1S/C18H23FN2O2/c1-2-15-5-3-4-6-16(13-7-9-14(19)10-8-13)21-18(23)12-11-17(22)20-15/h3-4,7-10,15-16H,2,5-6,11-12H2,1H3,(H,20,22)(H,21,23)/b4-3-/t15-,16-/m1/s1. The maximum atomic E-state index is 13.1. The van der Waals surface area contributed by atoms with Crippen molar-refractivity contribution in [1.29, 1.82) is 0 Å². The maximum absolute atomic E-state index is 13.1. The van der Waals surface area contributed by atoms with Crippen LogP contribution in [0.5, 0.6) is 0 Å². The normalized spacial score (nSPS) is 24.8. The first kappa shape index (κ1) is 17.2. The fourth-order valence-corrected chi connectivity index (χ4v) is 2.59. The van der Waals surface area contributed by atoms with E-state index in [0.717, 1.165) is 18.4 Å². The lowest BCUT2D eigenvalue weighted by atomic mass is 10.0. The van der Waals surface area contributed by atoms with E-state index < -0.39 is 0 Å². The smallest absolute Gasteiger partial charge is 0.221 e. The van der Waals surface area contributed by atoms with Crippen LogP contribution in [0.1, 0.15) is 50.6 Å². The Morgan fingerprint density at radius 3 is 2.26 bits per heavy atom. The van der Waals surface area contributed by atoms with Crippen LogP contribution < -0.4 is 10.6 Å². The van der Waals surface area contributed by atoms with Crippen LogP contribution in [0.15, 0.2) is 36.4 Å². The predicted octanol–water partition coefficient (Wildman–Crippen LogP) is 3.01. The first-order valence-electron chi connectivity index (χ1n) is 8.07. The van der Waals surface area contributed by atoms with E-state index in [2.05, 4.69) is 10.6 Å². The average molecular weight is 318 g/mol. The molecule has 1 aromatic carbocycles. The van der Waals surface area contributed by atoms with Gasteiger partial charge in [-0.3, -0.25) is 9.59 Å². The molecule has 0 saturated carbocycles. The van der Waals surface area contributed by atoms with Crippen molar-refractivity contribution >= 4 is 11.8 Å². The van der Waals surface area contributed by atoms with E-state index in [0.29, 0.717) is 6.42 Å². The molecule has 2 atom stereocenters. The van der Waals surface area contributed by atoms with Gasteiger partial charge in [-0.25, -0.2) is 4.39 Å². The fraction of sp³-hybridized carbons (Fsp3) is 0.444. The summed E-state index contributed by atoms with van der Waals surface area (Å²) in [6, 6.07) is 6.04. The maximum Gasteiger partial charge on any atom is 0.221 e. The summed E-state index contributed by atoms with van der Waals surface area (Å²) in [5, 5.41) is 5.87. The van der Waals surface area contributed by atoms with Gasteiger partial charge in [-0.2, -0.15) is 0 Å². The summed E-state index contributed by atoms with van der Waals surface area (Å²) in [5.41, 5.74) is 0.859. The first-order chi connectivity index (χ1) is 11.1. The van der Waals surface area contributed by atoms with Crippen LogP contribution in [0.3, 0.4) is 0 Å². The molecule has 0 radical (unpaired) electrons. The van der Waals surface area contributed by atoms with Gasteiger partial charge in [0.25, 0.3) is 0 Å². The third-order valence-corrected chi connectivity index (χ3v) is 4.00. The number of amides is 2. The van der Waals surface area contributed by atoms with Crippen LogP contribution in [0.4, 0.5) is 4.39 Å². The highest BCUT2D eigenvalue weighted by Gasteiger charge is 2.16. The van der Waals surface area contributed by atoms with Crippen molar-refractivity contribution in [2.75, 3.05) is 0 Å². The van der Waals surface area contributed by atoms with Crippen LogP contribution in [0.2, 0.25) is 0 Å². The van der Waals surface area contributed by atoms with Crippen LogP contribution >= 0.6 is 0 Å². The van der Waals surface area contributed by atoms with Gasteiger partial charge in [0.15, 0.2) is 0 Å². The van der Waals surface area contributed by atoms with Gasteiger partial charge < -0.3 is 10.6 Å². The Balaban J connectivity index is 2.14. The van der Waals surface area contributed by atoms with E-state index in [-0.39, 0.29) is 42.6 Å². The lowest BCUT2D eigenvalue weighted by molar-refractivity contribution is -0.127. The number of carbonyl (C=O) groups excluding carboxylic acids is 2. The molecule has 1 heterocycles. The molecule has 0 aliphatic carbocycles. The molecule has 23 heavy (non-hydrogen) atoms. The third-order valence-electron chi connectivity index (χ3n) is 4.00. The minimum atomic E-state index is -0.300. The lowest BCUT2D eigenvalue weighted by Gasteiger charge is -2.20. The molecule has 2 amide bonds. The number of benzene rings is 1. The van der Waals surface area contributed by atoms with Crippen LogP contribution in [0.25, 0.3) is 0 Å². The molecule has 0 spiro atoms. The van der Waals surface area contributed by atoms with Crippen LogP contribution in [-0.4, -0.2) is 17.9 Å². The van der Waals surface area contributed by atoms with E-state index in [1.165, 1.54) is 12.1 Å². The first-order valence-corrected chi connectivity index (χ1v) is 8.07. The molecule has 2 N–H and O–H groups in total. The second kappa shape index (κ2) is 8.46. The number of hydrogen-bond donors (Lipinski definition) is 2. The lowest BCUT2D eigenvalue weighted by Crippen LogP contribution is -2.36. The van der Waals surface area contributed by atoms with Crippen molar-refractivity contribution in [2.24, 2.45) is 0 Å². The molecule has 0 unspecified atom stereocenters. The number of carbonyl (C=O) groups is 2. The Bertz CT molecular complexity index is 569. The second-order valence-electron chi connectivity index (χ2n) is 5.79. The van der Waals surface area contributed by atoms with E-state index >= 15 is 0 Å². The van der Waals surface area contributed by atoms with Crippen molar-refractivity contribution in [3.05, 3.63) is 47.8 Å². The monoisotopic (exact) mass is 318 g/mol. The van der Waals surface area contributed by atoms with Crippen molar-refractivity contribution in [2.45, 2.75) is 51.1 Å². The van der Waals surface area contributed by atoms with Crippen molar-refractivity contribution in [3.63, 3.8) is 0 Å². The molecule has 1 aliphatic rings. The molecule has 0 aromatic heterocycles. The van der Waals surface area contributed by atoms with Gasteiger partial charge in [-0.15, -0.1) is 0 Å². The SMILES string of the molecule is CC[C@@H]1C/C=C\C[C@H](c2ccc(F)cc2)NC(=O)CCC(=O)N1. The van der Waals surface area contributed by atoms with Crippen molar-refractivity contribution < 1.29 is 14.0 Å². The third kappa shape index (κ3) is 5.51. The highest BCUT2D eigenvalue weighted by molar-refractivity contribution is 5.84. The molecule has 0 fully saturated rings. The number of rotatable bonds is 2. The molecular formula is C18H23FN2O2. The van der Waals surface area contributed by atoms with E-state index in [1.54, 1.807) is 12.1 Å². The zero-order valence-corrected chi connectivity index (χ0v) is 13.3. The molecule has 1 aliphatic heterocycles. The quantitative estimate of drug-likeness (QED) is 0.824. The summed E-state index contributed by atoms with van der Waals surface area (Å²) < 4.78 is 13.1. The fourth-order valence-electron chi connectivity index (χ4n) is 2.59. The van der Waals surface area contributed by atoms with Crippen LogP contribution in [0, 0.1) is 5.82 Å². The zero-order chi connectivity index (χ0) is 16.7. The topological polar surface area (TPSA) is 58.2 Å². The highest BCUT2D eigenvalue weighted by atomic mass is 19.1. The molecule has 0 saturated heterocycles. The zero-order valence-electron chi connectivity index (χ0n) is 13.3.